The highest BCUT2D eigenvalue weighted by Gasteiger charge is 2.29. The number of rotatable bonds is 5. The molecule has 2 aromatic carbocycles. The van der Waals surface area contributed by atoms with Gasteiger partial charge in [0.05, 0.1) is 12.1 Å². The summed E-state index contributed by atoms with van der Waals surface area (Å²) < 4.78 is 13.7. The Bertz CT molecular complexity index is 954. The van der Waals surface area contributed by atoms with E-state index in [-0.39, 0.29) is 24.2 Å². The molecule has 0 radical (unpaired) electrons. The molecule has 1 atom stereocenters. The summed E-state index contributed by atoms with van der Waals surface area (Å²) >= 11 is 0. The van der Waals surface area contributed by atoms with E-state index >= 15 is 0 Å². The van der Waals surface area contributed by atoms with Crippen molar-refractivity contribution in [2.75, 3.05) is 5.32 Å². The summed E-state index contributed by atoms with van der Waals surface area (Å²) in [5.41, 5.74) is 3.57. The zero-order valence-corrected chi connectivity index (χ0v) is 15.1. The lowest BCUT2D eigenvalue weighted by Crippen LogP contribution is -2.22. The first-order valence-corrected chi connectivity index (χ1v) is 9.00. The second kappa shape index (κ2) is 7.32. The van der Waals surface area contributed by atoms with Gasteiger partial charge in [-0.2, -0.15) is 5.10 Å². The first-order chi connectivity index (χ1) is 13.1. The molecule has 4 rings (SSSR count). The van der Waals surface area contributed by atoms with Crippen LogP contribution in [-0.2, 0) is 24.3 Å². The van der Waals surface area contributed by atoms with Crippen molar-refractivity contribution in [3.05, 3.63) is 82.8 Å². The number of aromatic amines is 1. The number of nitrogens with one attached hydrogen (secondary N) is 2. The van der Waals surface area contributed by atoms with Crippen LogP contribution in [-0.4, -0.2) is 21.0 Å². The molecule has 2 heterocycles. The summed E-state index contributed by atoms with van der Waals surface area (Å²) in [5, 5.41) is 10.1. The van der Waals surface area contributed by atoms with E-state index in [1.165, 1.54) is 11.6 Å². The van der Waals surface area contributed by atoms with Crippen LogP contribution in [0.4, 0.5) is 10.2 Å². The van der Waals surface area contributed by atoms with E-state index in [1.807, 2.05) is 18.2 Å². The number of carbonyl (C=O) groups excluding carboxylic acids is 1. The minimum absolute atomic E-state index is 0.00933. The van der Waals surface area contributed by atoms with E-state index in [1.54, 1.807) is 18.2 Å². The Balaban J connectivity index is 1.43. The van der Waals surface area contributed by atoms with Crippen LogP contribution in [0.5, 0.6) is 0 Å². The number of carbonyl (C=O) groups is 1. The van der Waals surface area contributed by atoms with E-state index in [0.717, 1.165) is 17.8 Å². The van der Waals surface area contributed by atoms with Crippen molar-refractivity contribution in [3.8, 4) is 0 Å². The number of fused-ring (bicyclic) bond motifs is 1. The lowest BCUT2D eigenvalue weighted by atomic mass is 10.1. The van der Waals surface area contributed by atoms with Gasteiger partial charge in [0.15, 0.2) is 0 Å². The van der Waals surface area contributed by atoms with Crippen molar-refractivity contribution in [2.24, 2.45) is 0 Å². The van der Waals surface area contributed by atoms with Gasteiger partial charge in [0.2, 0.25) is 5.91 Å². The van der Waals surface area contributed by atoms with Crippen LogP contribution in [0.1, 0.15) is 35.3 Å². The zero-order valence-electron chi connectivity index (χ0n) is 15.1. The van der Waals surface area contributed by atoms with E-state index < -0.39 is 0 Å². The Morgan fingerprint density at radius 1 is 1.19 bits per heavy atom. The SMILES string of the molecule is CC(c1ccccc1)N1Cc2n[nH]c(NC(=O)Cc3ccccc3F)c2C1. The fourth-order valence-electron chi connectivity index (χ4n) is 3.47. The molecule has 1 aromatic heterocycles. The second-order valence-electron chi connectivity index (χ2n) is 6.83. The van der Waals surface area contributed by atoms with Crippen LogP contribution < -0.4 is 5.32 Å². The Labute approximate surface area is 157 Å². The number of anilines is 1. The molecular formula is C21H21FN4O. The first kappa shape index (κ1) is 17.4. The van der Waals surface area contributed by atoms with Gasteiger partial charge in [-0.1, -0.05) is 48.5 Å². The summed E-state index contributed by atoms with van der Waals surface area (Å²) in [6.07, 6.45) is -0.00933. The number of nitrogens with zero attached hydrogens (tertiary/aromatic N) is 2. The molecule has 0 spiro atoms. The average molecular weight is 364 g/mol. The molecule has 1 aliphatic rings. The van der Waals surface area contributed by atoms with Crippen LogP contribution in [0.15, 0.2) is 54.6 Å². The summed E-state index contributed by atoms with van der Waals surface area (Å²) in [4.78, 5) is 14.6. The van der Waals surface area contributed by atoms with Gasteiger partial charge in [-0.3, -0.25) is 14.8 Å². The predicted octanol–water partition coefficient (Wildman–Crippen LogP) is 3.81. The lowest BCUT2D eigenvalue weighted by Gasteiger charge is -2.24. The molecule has 1 unspecified atom stereocenters. The van der Waals surface area contributed by atoms with Crippen LogP contribution in [0, 0.1) is 5.82 Å². The van der Waals surface area contributed by atoms with Crippen LogP contribution in [0.25, 0.3) is 0 Å². The summed E-state index contributed by atoms with van der Waals surface area (Å²) in [5.74, 6) is -0.0273. The molecule has 138 valence electrons. The topological polar surface area (TPSA) is 61.0 Å². The minimum atomic E-state index is -0.370. The first-order valence-electron chi connectivity index (χ1n) is 9.00. The van der Waals surface area contributed by atoms with E-state index in [0.29, 0.717) is 17.9 Å². The molecule has 27 heavy (non-hydrogen) atoms. The van der Waals surface area contributed by atoms with Crippen molar-refractivity contribution >= 4 is 11.7 Å². The number of amides is 1. The smallest absolute Gasteiger partial charge is 0.230 e. The van der Waals surface area contributed by atoms with Crippen molar-refractivity contribution in [3.63, 3.8) is 0 Å². The fourth-order valence-corrected chi connectivity index (χ4v) is 3.47. The highest BCUT2D eigenvalue weighted by atomic mass is 19.1. The largest absolute Gasteiger partial charge is 0.311 e. The quantitative estimate of drug-likeness (QED) is 0.724. The molecule has 0 saturated carbocycles. The highest BCUT2D eigenvalue weighted by molar-refractivity contribution is 5.92. The maximum atomic E-state index is 13.7. The Kier molecular flexibility index (Phi) is 4.73. The minimum Gasteiger partial charge on any atom is -0.311 e. The molecule has 0 saturated heterocycles. The monoisotopic (exact) mass is 364 g/mol. The number of hydrogen-bond acceptors (Lipinski definition) is 3. The highest BCUT2D eigenvalue weighted by Crippen LogP contribution is 2.33. The molecule has 3 aromatic rings. The third kappa shape index (κ3) is 3.61. The normalized spacial score (nSPS) is 14.7. The number of H-pyrrole nitrogens is 1. The van der Waals surface area contributed by atoms with Crippen molar-refractivity contribution < 1.29 is 9.18 Å². The van der Waals surface area contributed by atoms with Crippen LogP contribution >= 0.6 is 0 Å². The van der Waals surface area contributed by atoms with Gasteiger partial charge in [0, 0.05) is 24.7 Å². The fraction of sp³-hybridized carbons (Fsp3) is 0.238. The summed E-state index contributed by atoms with van der Waals surface area (Å²) in [7, 11) is 0. The number of benzene rings is 2. The van der Waals surface area contributed by atoms with Gasteiger partial charge < -0.3 is 5.32 Å². The maximum absolute atomic E-state index is 13.7. The Hall–Kier alpha value is -2.99. The molecule has 6 heteroatoms. The molecule has 2 N–H and O–H groups in total. The Morgan fingerprint density at radius 2 is 1.93 bits per heavy atom. The van der Waals surface area contributed by atoms with Gasteiger partial charge >= 0.3 is 0 Å². The van der Waals surface area contributed by atoms with Crippen LogP contribution in [0.2, 0.25) is 0 Å². The third-order valence-corrected chi connectivity index (χ3v) is 5.07. The molecule has 0 fully saturated rings. The van der Waals surface area contributed by atoms with Crippen molar-refractivity contribution in [1.82, 2.24) is 15.1 Å². The van der Waals surface area contributed by atoms with Gasteiger partial charge in [-0.15, -0.1) is 0 Å². The molecule has 1 aliphatic heterocycles. The average Bonchev–Trinajstić information content (AvgIpc) is 3.26. The standard InChI is InChI=1S/C21H21FN4O/c1-14(15-7-3-2-4-8-15)26-12-17-19(13-26)24-25-21(17)23-20(27)11-16-9-5-6-10-18(16)22/h2-10,14H,11-13H2,1H3,(H2,23,24,25,27). The van der Waals surface area contributed by atoms with Gasteiger partial charge in [-0.05, 0) is 24.1 Å². The van der Waals surface area contributed by atoms with Gasteiger partial charge in [0.25, 0.3) is 0 Å². The lowest BCUT2D eigenvalue weighted by molar-refractivity contribution is -0.115. The Morgan fingerprint density at radius 3 is 2.70 bits per heavy atom. The maximum Gasteiger partial charge on any atom is 0.230 e. The zero-order chi connectivity index (χ0) is 18.8. The summed E-state index contributed by atoms with van der Waals surface area (Å²) in [6, 6.07) is 16.9. The van der Waals surface area contributed by atoms with Gasteiger partial charge in [-0.25, -0.2) is 4.39 Å². The predicted molar refractivity (Wildman–Crippen MR) is 101 cm³/mol. The van der Waals surface area contributed by atoms with E-state index in [2.05, 4.69) is 39.5 Å². The molecule has 5 nitrogen and oxygen atoms in total. The number of halogens is 1. The molecule has 0 bridgehead atoms. The van der Waals surface area contributed by atoms with Crippen molar-refractivity contribution in [1.29, 1.82) is 0 Å². The summed E-state index contributed by atoms with van der Waals surface area (Å²) in [6.45, 7) is 3.60. The molecule has 0 aliphatic carbocycles. The van der Waals surface area contributed by atoms with E-state index in [4.69, 9.17) is 0 Å². The van der Waals surface area contributed by atoms with Crippen LogP contribution in [0.3, 0.4) is 0 Å². The number of aromatic nitrogens is 2. The molecule has 1 amide bonds. The van der Waals surface area contributed by atoms with Gasteiger partial charge in [0.1, 0.15) is 11.6 Å². The third-order valence-electron chi connectivity index (χ3n) is 5.07. The van der Waals surface area contributed by atoms with E-state index in [9.17, 15) is 9.18 Å². The van der Waals surface area contributed by atoms with Crippen molar-refractivity contribution in [2.45, 2.75) is 32.5 Å². The molecular weight excluding hydrogens is 343 g/mol. The second-order valence-corrected chi connectivity index (χ2v) is 6.83. The number of hydrogen-bond donors (Lipinski definition) is 2.